The molecular weight excluding hydrogens is 446 g/mol. The number of likely N-dealkylation sites (tertiary alicyclic amines) is 1. The van der Waals surface area contributed by atoms with Gasteiger partial charge in [0.15, 0.2) is 0 Å². The molecule has 4 heteroatoms. The average molecular weight is 500 g/mol. The summed E-state index contributed by atoms with van der Waals surface area (Å²) < 4.78 is 0. The minimum atomic E-state index is -1.15. The van der Waals surface area contributed by atoms with E-state index in [1.165, 1.54) is 18.4 Å². The van der Waals surface area contributed by atoms with Crippen LogP contribution in [0.2, 0.25) is 0 Å². The molecule has 1 aromatic rings. The standard InChI is InChI=1S/C32H53NO3/c1-29(2)16-9-17-30(3)26(29)12-18-31(4,35)27(30)13-19-32(5,36)28(34)23-33-20-14-25(15-21-33)22-24-10-7-6-8-11-24/h6-8,10-11,25-28,34-36H,9,12-23H2,1-5H3/t26-,27-,28-,30+,31-,32+/m1/s1. The fourth-order valence-electron chi connectivity index (χ4n) is 8.63. The molecule has 0 amide bonds. The maximum Gasteiger partial charge on any atom is 0.0950 e. The lowest BCUT2D eigenvalue weighted by Gasteiger charge is -2.61. The molecule has 3 fully saturated rings. The maximum absolute atomic E-state index is 11.5. The molecule has 0 bridgehead atoms. The van der Waals surface area contributed by atoms with Crippen LogP contribution in [0.1, 0.15) is 98.0 Å². The zero-order chi connectivity index (χ0) is 26.2. The SMILES string of the molecule is CC1(C)CCC[C@@]2(C)[C@@H]1CC[C@@](C)(O)[C@@H]2CC[C@](C)(O)[C@H](O)CN1CCC(Cc2ccccc2)CC1. The zero-order valence-electron chi connectivity index (χ0n) is 23.7. The lowest BCUT2D eigenvalue weighted by Crippen LogP contribution is -2.58. The number of aliphatic hydroxyl groups is 3. The normalized spacial score (nSPS) is 36.1. The molecule has 1 aromatic carbocycles. The Labute approximate surface area is 220 Å². The monoisotopic (exact) mass is 499 g/mol. The molecule has 2 aliphatic carbocycles. The van der Waals surface area contributed by atoms with Gasteiger partial charge in [-0.2, -0.15) is 0 Å². The molecule has 3 aliphatic rings. The molecule has 204 valence electrons. The third-order valence-corrected chi connectivity index (χ3v) is 10.9. The van der Waals surface area contributed by atoms with Crippen LogP contribution < -0.4 is 0 Å². The van der Waals surface area contributed by atoms with Gasteiger partial charge in [0.25, 0.3) is 0 Å². The Balaban J connectivity index is 1.31. The van der Waals surface area contributed by atoms with Crippen molar-refractivity contribution in [3.63, 3.8) is 0 Å². The number of fused-ring (bicyclic) bond motifs is 1. The molecule has 1 heterocycles. The molecular formula is C32H53NO3. The summed E-state index contributed by atoms with van der Waals surface area (Å²) in [6.07, 6.45) is 9.50. The highest BCUT2D eigenvalue weighted by Crippen LogP contribution is 2.63. The Morgan fingerprint density at radius 1 is 1.00 bits per heavy atom. The summed E-state index contributed by atoms with van der Waals surface area (Å²) in [5.74, 6) is 1.45. The first-order valence-electron chi connectivity index (χ1n) is 14.7. The van der Waals surface area contributed by atoms with E-state index < -0.39 is 17.3 Å². The van der Waals surface area contributed by atoms with E-state index in [0.29, 0.717) is 30.2 Å². The minimum Gasteiger partial charge on any atom is -0.390 e. The van der Waals surface area contributed by atoms with Crippen LogP contribution in [0.5, 0.6) is 0 Å². The van der Waals surface area contributed by atoms with Crippen LogP contribution in [-0.2, 0) is 6.42 Å². The summed E-state index contributed by atoms with van der Waals surface area (Å²) >= 11 is 0. The lowest BCUT2D eigenvalue weighted by molar-refractivity contribution is -0.176. The van der Waals surface area contributed by atoms with Crippen molar-refractivity contribution < 1.29 is 15.3 Å². The van der Waals surface area contributed by atoms with Gasteiger partial charge in [-0.3, -0.25) is 0 Å². The van der Waals surface area contributed by atoms with Gasteiger partial charge in [-0.15, -0.1) is 0 Å². The van der Waals surface area contributed by atoms with Crippen molar-refractivity contribution in [2.75, 3.05) is 19.6 Å². The van der Waals surface area contributed by atoms with Gasteiger partial charge >= 0.3 is 0 Å². The van der Waals surface area contributed by atoms with Crippen molar-refractivity contribution in [2.24, 2.45) is 28.6 Å². The Kier molecular flexibility index (Phi) is 8.32. The Morgan fingerprint density at radius 2 is 1.67 bits per heavy atom. The van der Waals surface area contributed by atoms with E-state index in [0.717, 1.165) is 58.0 Å². The van der Waals surface area contributed by atoms with Crippen LogP contribution in [-0.4, -0.2) is 57.2 Å². The molecule has 0 unspecified atom stereocenters. The van der Waals surface area contributed by atoms with Gasteiger partial charge in [0, 0.05) is 6.54 Å². The number of β-amino-alcohol motifs (C(OH)–C–C–N with tert-alkyl or cyclic N) is 1. The van der Waals surface area contributed by atoms with Crippen LogP contribution >= 0.6 is 0 Å². The average Bonchev–Trinajstić information content (AvgIpc) is 2.79. The van der Waals surface area contributed by atoms with Gasteiger partial charge in [-0.1, -0.05) is 57.5 Å². The topological polar surface area (TPSA) is 63.9 Å². The van der Waals surface area contributed by atoms with Gasteiger partial charge in [-0.25, -0.2) is 0 Å². The van der Waals surface area contributed by atoms with E-state index >= 15 is 0 Å². The molecule has 4 nitrogen and oxygen atoms in total. The van der Waals surface area contributed by atoms with Crippen molar-refractivity contribution in [1.82, 2.24) is 4.90 Å². The van der Waals surface area contributed by atoms with Crippen LogP contribution in [0.15, 0.2) is 30.3 Å². The Bertz CT molecular complexity index is 842. The number of hydrogen-bond acceptors (Lipinski definition) is 4. The van der Waals surface area contributed by atoms with E-state index in [4.69, 9.17) is 0 Å². The molecule has 6 atom stereocenters. The van der Waals surface area contributed by atoms with Gasteiger partial charge < -0.3 is 20.2 Å². The highest BCUT2D eigenvalue weighted by Gasteiger charge is 2.58. The highest BCUT2D eigenvalue weighted by atomic mass is 16.3. The Morgan fingerprint density at radius 3 is 2.33 bits per heavy atom. The zero-order valence-corrected chi connectivity index (χ0v) is 23.7. The van der Waals surface area contributed by atoms with Crippen LogP contribution in [0.3, 0.4) is 0 Å². The molecule has 36 heavy (non-hydrogen) atoms. The van der Waals surface area contributed by atoms with Crippen molar-refractivity contribution in [3.05, 3.63) is 35.9 Å². The van der Waals surface area contributed by atoms with Crippen molar-refractivity contribution in [3.8, 4) is 0 Å². The van der Waals surface area contributed by atoms with Crippen LogP contribution in [0, 0.1) is 28.6 Å². The van der Waals surface area contributed by atoms with Crippen LogP contribution in [0.25, 0.3) is 0 Å². The second kappa shape index (κ2) is 10.7. The van der Waals surface area contributed by atoms with Crippen molar-refractivity contribution in [2.45, 2.75) is 116 Å². The third-order valence-electron chi connectivity index (χ3n) is 10.9. The van der Waals surface area contributed by atoms with E-state index in [1.54, 1.807) is 0 Å². The largest absolute Gasteiger partial charge is 0.390 e. The van der Waals surface area contributed by atoms with Crippen molar-refractivity contribution in [1.29, 1.82) is 0 Å². The van der Waals surface area contributed by atoms with Gasteiger partial charge in [-0.05, 0) is 119 Å². The minimum absolute atomic E-state index is 0.0885. The molecule has 0 aromatic heterocycles. The molecule has 1 aliphatic heterocycles. The van der Waals surface area contributed by atoms with E-state index in [-0.39, 0.29) is 11.3 Å². The molecule has 4 rings (SSSR count). The maximum atomic E-state index is 11.5. The summed E-state index contributed by atoms with van der Waals surface area (Å²) in [6, 6.07) is 10.7. The number of benzene rings is 1. The fraction of sp³-hybridized carbons (Fsp3) is 0.812. The number of rotatable bonds is 8. The second-order valence-corrected chi connectivity index (χ2v) is 14.2. The highest BCUT2D eigenvalue weighted by molar-refractivity contribution is 5.15. The number of aliphatic hydroxyl groups excluding tert-OH is 1. The number of piperidine rings is 1. The number of nitrogens with zero attached hydrogens (tertiary/aromatic N) is 1. The summed E-state index contributed by atoms with van der Waals surface area (Å²) in [7, 11) is 0. The Hall–Kier alpha value is -0.940. The summed E-state index contributed by atoms with van der Waals surface area (Å²) in [4.78, 5) is 2.33. The van der Waals surface area contributed by atoms with Gasteiger partial charge in [0.2, 0.25) is 0 Å². The smallest absolute Gasteiger partial charge is 0.0950 e. The third kappa shape index (κ3) is 6.03. The molecule has 2 saturated carbocycles. The quantitative estimate of drug-likeness (QED) is 0.421. The molecule has 3 N–H and O–H groups in total. The predicted octanol–water partition coefficient (Wildman–Crippen LogP) is 5.83. The van der Waals surface area contributed by atoms with Crippen molar-refractivity contribution >= 4 is 0 Å². The molecule has 0 radical (unpaired) electrons. The lowest BCUT2D eigenvalue weighted by atomic mass is 9.45. The second-order valence-electron chi connectivity index (χ2n) is 14.2. The first-order chi connectivity index (χ1) is 16.8. The van der Waals surface area contributed by atoms with E-state index in [1.807, 2.05) is 13.8 Å². The molecule has 1 saturated heterocycles. The summed E-state index contributed by atoms with van der Waals surface area (Å²) in [6.45, 7) is 13.5. The predicted molar refractivity (Wildman–Crippen MR) is 148 cm³/mol. The fourth-order valence-corrected chi connectivity index (χ4v) is 8.63. The molecule has 0 spiro atoms. The number of hydrogen-bond donors (Lipinski definition) is 3. The summed E-state index contributed by atoms with van der Waals surface area (Å²) in [5, 5.41) is 34.0. The van der Waals surface area contributed by atoms with E-state index in [9.17, 15) is 15.3 Å². The van der Waals surface area contributed by atoms with Crippen LogP contribution in [0.4, 0.5) is 0 Å². The first-order valence-corrected chi connectivity index (χ1v) is 14.7. The summed E-state index contributed by atoms with van der Waals surface area (Å²) in [5.41, 5.74) is -0.0540. The van der Waals surface area contributed by atoms with Gasteiger partial charge in [0.1, 0.15) is 0 Å². The first kappa shape index (κ1) is 28.1. The van der Waals surface area contributed by atoms with Gasteiger partial charge in [0.05, 0.1) is 17.3 Å². The van der Waals surface area contributed by atoms with E-state index in [2.05, 4.69) is 56.0 Å².